The van der Waals surface area contributed by atoms with Crippen LogP contribution in [0.2, 0.25) is 0 Å². The summed E-state index contributed by atoms with van der Waals surface area (Å²) >= 11 is 0. The van der Waals surface area contributed by atoms with E-state index in [2.05, 4.69) is 84.0 Å². The minimum atomic E-state index is -2.34. The standard InChI is InChI=1S/C33H44BNO4/c1-30(2,3)26-20-25(21-27(22-26)31(4,5)6)17-16-23-12-14-24(15-13-23)18-19-34-35(11,32(7,8)28(36)38-34)33(9,10)29(37)39-34/h12-22H,1-11H3/b17-16+,19-18+. The summed E-state index contributed by atoms with van der Waals surface area (Å²) in [7, 11) is 1.88. The van der Waals surface area contributed by atoms with Gasteiger partial charge in [-0.15, -0.1) is 0 Å². The largest absolute Gasteiger partial charge is 0.608 e. The lowest BCUT2D eigenvalue weighted by Gasteiger charge is -2.53. The van der Waals surface area contributed by atoms with Crippen molar-refractivity contribution >= 4 is 36.9 Å². The van der Waals surface area contributed by atoms with Gasteiger partial charge in [0.25, 0.3) is 0 Å². The number of carbonyl (C=O) groups excluding carboxylic acids is 2. The second-order valence-corrected chi connectivity index (χ2v) is 14.4. The van der Waals surface area contributed by atoms with Crippen LogP contribution in [0, 0.1) is 0 Å². The summed E-state index contributed by atoms with van der Waals surface area (Å²) in [6.45, 7) is 18.4. The van der Waals surface area contributed by atoms with Gasteiger partial charge in [0.15, 0.2) is 11.1 Å². The molecule has 0 spiro atoms. The first-order valence-corrected chi connectivity index (χ1v) is 13.9. The number of quaternary nitrogens is 1. The van der Waals surface area contributed by atoms with Crippen LogP contribution in [-0.4, -0.2) is 41.1 Å². The highest BCUT2D eigenvalue weighted by Crippen LogP contribution is 2.52. The van der Waals surface area contributed by atoms with Crippen LogP contribution in [0.3, 0.4) is 0 Å². The first-order chi connectivity index (χ1) is 17.7. The van der Waals surface area contributed by atoms with E-state index in [1.165, 1.54) is 16.7 Å². The molecule has 2 aromatic carbocycles. The molecule has 5 nitrogen and oxygen atoms in total. The number of hydrogen-bond donors (Lipinski definition) is 0. The summed E-state index contributed by atoms with van der Waals surface area (Å²) in [6.07, 6.45) is 6.18. The highest BCUT2D eigenvalue weighted by Gasteiger charge is 2.78. The Balaban J connectivity index is 1.60. The molecule has 208 valence electrons. The van der Waals surface area contributed by atoms with Gasteiger partial charge in [-0.1, -0.05) is 108 Å². The van der Waals surface area contributed by atoms with Crippen molar-refractivity contribution in [3.05, 3.63) is 76.3 Å². The van der Waals surface area contributed by atoms with Gasteiger partial charge >= 0.3 is 18.6 Å². The van der Waals surface area contributed by atoms with Crippen LogP contribution in [0.1, 0.15) is 97.1 Å². The average molecular weight is 530 g/mol. The quantitative estimate of drug-likeness (QED) is 0.314. The number of hydrogen-bond acceptors (Lipinski definition) is 4. The Morgan fingerprint density at radius 1 is 0.667 bits per heavy atom. The van der Waals surface area contributed by atoms with Gasteiger partial charge in [-0.25, -0.2) is 9.59 Å². The fourth-order valence-electron chi connectivity index (χ4n) is 5.82. The number of likely N-dealkylation sites (N-methyl/N-ethyl adjacent to an activating group) is 1. The Kier molecular flexibility index (Phi) is 6.63. The molecule has 0 bridgehead atoms. The molecule has 0 N–H and O–H groups in total. The Labute approximate surface area is 234 Å². The third kappa shape index (κ3) is 4.57. The number of rotatable bonds is 4. The van der Waals surface area contributed by atoms with Gasteiger partial charge < -0.3 is 13.7 Å². The van der Waals surface area contributed by atoms with E-state index in [4.69, 9.17) is 9.31 Å². The van der Waals surface area contributed by atoms with Crippen molar-refractivity contribution in [3.63, 3.8) is 0 Å². The molecule has 0 amide bonds. The second-order valence-electron chi connectivity index (χ2n) is 14.4. The lowest BCUT2D eigenvalue weighted by atomic mass is 9.63. The zero-order valence-corrected chi connectivity index (χ0v) is 25.5. The van der Waals surface area contributed by atoms with E-state index < -0.39 is 17.8 Å². The molecule has 0 aliphatic carbocycles. The molecule has 6 heteroatoms. The van der Waals surface area contributed by atoms with Crippen LogP contribution in [-0.2, 0) is 29.7 Å². The Bertz CT molecular complexity index is 1310. The fraction of sp³-hybridized carbons (Fsp3) is 0.455. The van der Waals surface area contributed by atoms with Crippen LogP contribution < -0.4 is 0 Å². The lowest BCUT2D eigenvalue weighted by Crippen LogP contribution is -2.73. The summed E-state index contributed by atoms with van der Waals surface area (Å²) in [6, 6.07) is 15.0. The molecule has 4 rings (SSSR count). The third-order valence-electron chi connectivity index (χ3n) is 9.22. The molecular weight excluding hydrogens is 485 g/mol. The van der Waals surface area contributed by atoms with Crippen molar-refractivity contribution in [1.29, 1.82) is 0 Å². The minimum absolute atomic E-state index is 0.0547. The molecule has 2 saturated heterocycles. The van der Waals surface area contributed by atoms with Crippen molar-refractivity contribution in [1.82, 2.24) is 0 Å². The molecule has 0 saturated carbocycles. The predicted octanol–water partition coefficient (Wildman–Crippen LogP) is 7.06. The van der Waals surface area contributed by atoms with E-state index in [0.717, 1.165) is 11.1 Å². The van der Waals surface area contributed by atoms with E-state index in [1.54, 1.807) is 5.98 Å². The summed E-state index contributed by atoms with van der Waals surface area (Å²) in [5.74, 6) is 1.05. The van der Waals surface area contributed by atoms with E-state index in [0.29, 0.717) is 0 Å². The van der Waals surface area contributed by atoms with Crippen LogP contribution >= 0.6 is 0 Å². The molecule has 2 aliphatic heterocycles. The molecule has 2 fully saturated rings. The number of nitrogens with zero attached hydrogens (tertiary/aromatic N) is 1. The van der Waals surface area contributed by atoms with Gasteiger partial charge in [-0.05, 0) is 66.3 Å². The maximum atomic E-state index is 12.9. The SMILES string of the molecule is CC(C)(C)c1cc(/C=C/c2ccc(/C=C/[B-]34OC(=O)C(C)(C)[N+]3(C)C(C)(C)C(=O)O4)cc2)cc(C(C)(C)C)c1. The zero-order chi connectivity index (χ0) is 29.2. The zero-order valence-electron chi connectivity index (χ0n) is 25.5. The Morgan fingerprint density at radius 3 is 1.46 bits per heavy atom. The molecular formula is C33H44BNO4. The van der Waals surface area contributed by atoms with Gasteiger partial charge in [0.05, 0.1) is 0 Å². The highest BCUT2D eigenvalue weighted by atomic mass is 16.7. The van der Waals surface area contributed by atoms with Gasteiger partial charge in [-0.2, -0.15) is 0 Å². The minimum Gasteiger partial charge on any atom is -0.596 e. The van der Waals surface area contributed by atoms with Gasteiger partial charge in [0, 0.05) is 7.05 Å². The molecule has 0 radical (unpaired) electrons. The van der Waals surface area contributed by atoms with Crippen molar-refractivity contribution in [2.75, 3.05) is 7.05 Å². The van der Waals surface area contributed by atoms with Gasteiger partial charge in [0.1, 0.15) is 0 Å². The monoisotopic (exact) mass is 529 g/mol. The van der Waals surface area contributed by atoms with E-state index in [9.17, 15) is 9.59 Å². The van der Waals surface area contributed by atoms with Gasteiger partial charge in [-0.3, -0.25) is 0 Å². The van der Waals surface area contributed by atoms with Crippen LogP contribution in [0.5, 0.6) is 0 Å². The molecule has 0 aromatic heterocycles. The first-order valence-electron chi connectivity index (χ1n) is 13.9. The second kappa shape index (κ2) is 8.95. The molecule has 0 atom stereocenters. The third-order valence-corrected chi connectivity index (χ3v) is 9.22. The molecule has 2 aliphatic rings. The number of fused-ring (bicyclic) bond motifs is 1. The maximum absolute atomic E-state index is 12.9. The molecule has 2 aromatic rings. The van der Waals surface area contributed by atoms with Crippen LogP contribution in [0.4, 0.5) is 0 Å². The summed E-state index contributed by atoms with van der Waals surface area (Å²) < 4.78 is 11.8. The Morgan fingerprint density at radius 2 is 1.05 bits per heavy atom. The van der Waals surface area contributed by atoms with E-state index >= 15 is 0 Å². The molecule has 39 heavy (non-hydrogen) atoms. The summed E-state index contributed by atoms with van der Waals surface area (Å²) in [4.78, 5) is 25.7. The number of carbonyl (C=O) groups is 2. The lowest BCUT2D eigenvalue weighted by molar-refractivity contribution is -0.885. The highest BCUT2D eigenvalue weighted by molar-refractivity contribution is 6.72. The van der Waals surface area contributed by atoms with Crippen molar-refractivity contribution in [2.24, 2.45) is 0 Å². The Hall–Kier alpha value is -3.12. The predicted molar refractivity (Wildman–Crippen MR) is 161 cm³/mol. The first kappa shape index (κ1) is 28.9. The fourth-order valence-corrected chi connectivity index (χ4v) is 5.82. The van der Waals surface area contributed by atoms with E-state index in [1.807, 2.05) is 53.0 Å². The van der Waals surface area contributed by atoms with Crippen molar-refractivity contribution in [2.45, 2.75) is 91.1 Å². The topological polar surface area (TPSA) is 52.6 Å². The van der Waals surface area contributed by atoms with Crippen LogP contribution in [0.25, 0.3) is 18.2 Å². The molecule has 0 unspecified atom stereocenters. The summed E-state index contributed by atoms with van der Waals surface area (Å²) in [5, 5.41) is 0. The van der Waals surface area contributed by atoms with E-state index in [-0.39, 0.29) is 27.2 Å². The summed E-state index contributed by atoms with van der Waals surface area (Å²) in [5.41, 5.74) is 4.14. The van der Waals surface area contributed by atoms with Crippen molar-refractivity contribution < 1.29 is 23.3 Å². The van der Waals surface area contributed by atoms with Crippen molar-refractivity contribution in [3.8, 4) is 0 Å². The normalized spacial score (nSPS) is 26.2. The smallest absolute Gasteiger partial charge is 0.596 e. The average Bonchev–Trinajstić information content (AvgIpc) is 3.08. The van der Waals surface area contributed by atoms with Crippen LogP contribution in [0.15, 0.2) is 48.4 Å². The number of benzene rings is 2. The molecule has 2 heterocycles. The maximum Gasteiger partial charge on any atom is 0.608 e. The van der Waals surface area contributed by atoms with Gasteiger partial charge in [0.2, 0.25) is 0 Å².